The van der Waals surface area contributed by atoms with E-state index in [2.05, 4.69) is 20.7 Å². The zero-order valence-corrected chi connectivity index (χ0v) is 19.1. The summed E-state index contributed by atoms with van der Waals surface area (Å²) in [7, 11) is 0. The number of hydrogen-bond donors (Lipinski definition) is 2. The summed E-state index contributed by atoms with van der Waals surface area (Å²) in [5, 5.41) is 17.6. The van der Waals surface area contributed by atoms with E-state index in [9.17, 15) is 19.7 Å². The van der Waals surface area contributed by atoms with Crippen LogP contribution in [0.25, 0.3) is 0 Å². The van der Waals surface area contributed by atoms with Crippen LogP contribution in [0.3, 0.4) is 0 Å². The number of hydrazone groups is 1. The van der Waals surface area contributed by atoms with Crippen molar-refractivity contribution in [3.8, 4) is 0 Å². The predicted octanol–water partition coefficient (Wildman–Crippen LogP) is 3.36. The van der Waals surface area contributed by atoms with Crippen molar-refractivity contribution in [1.29, 1.82) is 0 Å². The Morgan fingerprint density at radius 2 is 1.73 bits per heavy atom. The molecule has 33 heavy (non-hydrogen) atoms. The number of nitro groups is 1. The van der Waals surface area contributed by atoms with Crippen molar-refractivity contribution in [3.63, 3.8) is 0 Å². The van der Waals surface area contributed by atoms with Gasteiger partial charge in [-0.1, -0.05) is 32.0 Å². The summed E-state index contributed by atoms with van der Waals surface area (Å²) < 4.78 is 0. The summed E-state index contributed by atoms with van der Waals surface area (Å²) in [6, 6.07) is 14.6. The SMILES string of the molecule is CCN(CC)C(CCCCNC(=O)c1ccccc1)C(=O)NN=Cc1ccc([N+](=O)[O-])cc1. The number of carbonyl (C=O) groups is 2. The normalized spacial score (nSPS) is 12.0. The Kier molecular flexibility index (Phi) is 10.7. The first-order chi connectivity index (χ1) is 16.0. The van der Waals surface area contributed by atoms with E-state index in [0.717, 1.165) is 25.9 Å². The zero-order valence-electron chi connectivity index (χ0n) is 19.1. The number of hydrogen-bond acceptors (Lipinski definition) is 6. The van der Waals surface area contributed by atoms with Crippen molar-refractivity contribution in [2.24, 2.45) is 5.10 Å². The van der Waals surface area contributed by atoms with Gasteiger partial charge in [0.05, 0.1) is 17.2 Å². The molecule has 0 saturated heterocycles. The Bertz CT molecular complexity index is 928. The van der Waals surface area contributed by atoms with Crippen molar-refractivity contribution < 1.29 is 14.5 Å². The Balaban J connectivity index is 1.83. The number of nitrogens with zero attached hydrogens (tertiary/aromatic N) is 3. The third-order valence-corrected chi connectivity index (χ3v) is 5.27. The van der Waals surface area contributed by atoms with Crippen molar-refractivity contribution in [2.75, 3.05) is 19.6 Å². The fourth-order valence-corrected chi connectivity index (χ4v) is 3.43. The quantitative estimate of drug-likeness (QED) is 0.209. The van der Waals surface area contributed by atoms with E-state index in [0.29, 0.717) is 24.1 Å². The number of rotatable bonds is 13. The topological polar surface area (TPSA) is 117 Å². The highest BCUT2D eigenvalue weighted by Gasteiger charge is 2.23. The molecule has 1 unspecified atom stereocenters. The lowest BCUT2D eigenvalue weighted by Gasteiger charge is -2.28. The monoisotopic (exact) mass is 453 g/mol. The summed E-state index contributed by atoms with van der Waals surface area (Å²) in [6.07, 6.45) is 3.63. The minimum atomic E-state index is -0.468. The number of benzene rings is 2. The van der Waals surface area contributed by atoms with Gasteiger partial charge in [0, 0.05) is 24.2 Å². The molecule has 9 heteroatoms. The minimum Gasteiger partial charge on any atom is -0.352 e. The van der Waals surface area contributed by atoms with Gasteiger partial charge in [-0.3, -0.25) is 24.6 Å². The van der Waals surface area contributed by atoms with Crippen LogP contribution in [0.5, 0.6) is 0 Å². The Labute approximate surface area is 194 Å². The number of nitro benzene ring substituents is 1. The molecule has 0 heterocycles. The molecule has 0 saturated carbocycles. The van der Waals surface area contributed by atoms with Gasteiger partial charge in [-0.2, -0.15) is 5.10 Å². The molecular weight excluding hydrogens is 422 g/mol. The van der Waals surface area contributed by atoms with Crippen LogP contribution in [0, 0.1) is 10.1 Å². The number of amides is 2. The van der Waals surface area contributed by atoms with Crippen LogP contribution >= 0.6 is 0 Å². The lowest BCUT2D eigenvalue weighted by atomic mass is 10.1. The molecule has 2 N–H and O–H groups in total. The minimum absolute atomic E-state index is 0.00209. The van der Waals surface area contributed by atoms with Crippen LogP contribution in [0.1, 0.15) is 49.0 Å². The first-order valence-electron chi connectivity index (χ1n) is 11.1. The standard InChI is InChI=1S/C24H31N5O4/c1-3-28(4-2)22(12-8-9-17-25-23(30)20-10-6-5-7-11-20)24(31)27-26-18-19-13-15-21(16-14-19)29(32)33/h5-7,10-11,13-16,18,22H,3-4,8-9,12,17H2,1-2H3,(H,25,30)(H,27,31). The molecule has 2 amide bonds. The van der Waals surface area contributed by atoms with Crippen molar-refractivity contribution >= 4 is 23.7 Å². The maximum atomic E-state index is 12.8. The highest BCUT2D eigenvalue weighted by molar-refractivity contribution is 5.94. The molecule has 2 rings (SSSR count). The third kappa shape index (κ3) is 8.46. The van der Waals surface area contributed by atoms with Crippen LogP contribution in [0.4, 0.5) is 5.69 Å². The number of non-ortho nitro benzene ring substituents is 1. The number of likely N-dealkylation sites (N-methyl/N-ethyl adjacent to an activating group) is 1. The van der Waals surface area contributed by atoms with Gasteiger partial charge in [0.15, 0.2) is 0 Å². The summed E-state index contributed by atoms with van der Waals surface area (Å²) in [5.74, 6) is -0.306. The summed E-state index contributed by atoms with van der Waals surface area (Å²) >= 11 is 0. The highest BCUT2D eigenvalue weighted by Crippen LogP contribution is 2.11. The van der Waals surface area contributed by atoms with Crippen molar-refractivity contribution in [3.05, 3.63) is 75.8 Å². The smallest absolute Gasteiger partial charge is 0.269 e. The molecule has 0 aliphatic rings. The van der Waals surface area contributed by atoms with Gasteiger partial charge >= 0.3 is 0 Å². The molecule has 0 aromatic heterocycles. The summed E-state index contributed by atoms with van der Waals surface area (Å²) in [4.78, 5) is 37.2. The van der Waals surface area contributed by atoms with Crippen LogP contribution in [-0.2, 0) is 4.79 Å². The lowest BCUT2D eigenvalue weighted by Crippen LogP contribution is -2.45. The Morgan fingerprint density at radius 3 is 2.33 bits per heavy atom. The van der Waals surface area contributed by atoms with E-state index in [1.807, 2.05) is 32.0 Å². The fraction of sp³-hybridized carbons (Fsp3) is 0.375. The van der Waals surface area contributed by atoms with Crippen LogP contribution in [0.2, 0.25) is 0 Å². The average Bonchev–Trinajstić information content (AvgIpc) is 2.84. The zero-order chi connectivity index (χ0) is 24.1. The van der Waals surface area contributed by atoms with Crippen LogP contribution < -0.4 is 10.7 Å². The molecule has 0 radical (unpaired) electrons. The van der Waals surface area contributed by atoms with E-state index >= 15 is 0 Å². The number of nitrogens with one attached hydrogen (secondary N) is 2. The van der Waals surface area contributed by atoms with Gasteiger partial charge < -0.3 is 5.32 Å². The van der Waals surface area contributed by atoms with E-state index in [4.69, 9.17) is 0 Å². The maximum Gasteiger partial charge on any atom is 0.269 e. The first kappa shape index (κ1) is 25.7. The highest BCUT2D eigenvalue weighted by atomic mass is 16.6. The molecule has 0 spiro atoms. The molecule has 1 atom stereocenters. The molecule has 2 aromatic carbocycles. The molecule has 0 aliphatic carbocycles. The summed E-state index contributed by atoms with van der Waals surface area (Å²) in [6.45, 7) is 6.00. The van der Waals surface area contributed by atoms with E-state index < -0.39 is 4.92 Å². The maximum absolute atomic E-state index is 12.8. The van der Waals surface area contributed by atoms with Gasteiger partial charge in [0.25, 0.3) is 17.5 Å². The largest absolute Gasteiger partial charge is 0.352 e. The van der Waals surface area contributed by atoms with E-state index in [1.165, 1.54) is 18.3 Å². The molecule has 9 nitrogen and oxygen atoms in total. The summed E-state index contributed by atoms with van der Waals surface area (Å²) in [5.41, 5.74) is 3.86. The molecule has 0 aliphatic heterocycles. The molecule has 0 fully saturated rings. The Hall–Kier alpha value is -3.59. The van der Waals surface area contributed by atoms with Gasteiger partial charge in [-0.25, -0.2) is 5.43 Å². The molecule has 2 aromatic rings. The molecule has 176 valence electrons. The van der Waals surface area contributed by atoms with E-state index in [1.54, 1.807) is 24.3 Å². The second kappa shape index (κ2) is 13.7. The fourth-order valence-electron chi connectivity index (χ4n) is 3.43. The second-order valence-corrected chi connectivity index (χ2v) is 7.44. The van der Waals surface area contributed by atoms with Gasteiger partial charge in [0.2, 0.25) is 0 Å². The van der Waals surface area contributed by atoms with Crippen LogP contribution in [-0.4, -0.2) is 53.5 Å². The lowest BCUT2D eigenvalue weighted by molar-refractivity contribution is -0.384. The Morgan fingerprint density at radius 1 is 1.06 bits per heavy atom. The third-order valence-electron chi connectivity index (χ3n) is 5.27. The van der Waals surface area contributed by atoms with Crippen molar-refractivity contribution in [1.82, 2.24) is 15.6 Å². The molecular formula is C24H31N5O4. The van der Waals surface area contributed by atoms with Gasteiger partial charge in [-0.05, 0) is 62.2 Å². The van der Waals surface area contributed by atoms with Gasteiger partial charge in [-0.15, -0.1) is 0 Å². The van der Waals surface area contributed by atoms with Crippen molar-refractivity contribution in [2.45, 2.75) is 39.2 Å². The van der Waals surface area contributed by atoms with Gasteiger partial charge in [0.1, 0.15) is 0 Å². The molecule has 0 bridgehead atoms. The average molecular weight is 454 g/mol. The predicted molar refractivity (Wildman–Crippen MR) is 128 cm³/mol. The second-order valence-electron chi connectivity index (χ2n) is 7.44. The number of carbonyl (C=O) groups excluding carboxylic acids is 2. The first-order valence-corrected chi connectivity index (χ1v) is 11.1. The van der Waals surface area contributed by atoms with Crippen LogP contribution in [0.15, 0.2) is 59.7 Å². The van der Waals surface area contributed by atoms with E-state index in [-0.39, 0.29) is 23.5 Å². The number of unbranched alkanes of at least 4 members (excludes halogenated alkanes) is 1.